The fraction of sp³-hybridized carbons (Fsp3) is 0.158. The lowest BCUT2D eigenvalue weighted by molar-refractivity contribution is 0.241. The van der Waals surface area contributed by atoms with E-state index in [-0.39, 0.29) is 0 Å². The Morgan fingerprint density at radius 3 is 0.977 bits per heavy atom. The molecule has 0 fully saturated rings. The number of hydrogen-bond donors (Lipinski definition) is 0. The Kier molecular flexibility index (Phi) is 9.85. The Balaban J connectivity index is 1.20. The van der Waals surface area contributed by atoms with Gasteiger partial charge in [-0.25, -0.2) is 0 Å². The summed E-state index contributed by atoms with van der Waals surface area (Å²) in [5.74, 6) is 0. The predicted molar refractivity (Wildman–Crippen MR) is 175 cm³/mol. The number of hydrogen-bond acceptors (Lipinski definition) is 6. The molecule has 218 valence electrons. The Hall–Kier alpha value is -5.04. The zero-order valence-electron chi connectivity index (χ0n) is 24.8. The predicted octanol–water partition coefficient (Wildman–Crippen LogP) is 7.34. The molecule has 0 N–H and O–H groups in total. The molecule has 0 atom stereocenters. The third-order valence-electron chi connectivity index (χ3n) is 7.45. The van der Waals surface area contributed by atoms with Gasteiger partial charge in [0.1, 0.15) is 0 Å². The quantitative estimate of drug-likeness (QED) is 0.143. The van der Waals surface area contributed by atoms with Crippen molar-refractivity contribution >= 4 is 0 Å². The highest BCUT2D eigenvalue weighted by molar-refractivity contribution is 5.65. The molecule has 0 saturated heterocycles. The third-order valence-corrected chi connectivity index (χ3v) is 7.45. The third kappa shape index (κ3) is 8.51. The van der Waals surface area contributed by atoms with Crippen LogP contribution in [0.5, 0.6) is 0 Å². The summed E-state index contributed by atoms with van der Waals surface area (Å²) >= 11 is 0. The molecule has 0 saturated carbocycles. The molecule has 6 rings (SSSR count). The minimum atomic E-state index is 0.750. The van der Waals surface area contributed by atoms with Gasteiger partial charge >= 0.3 is 0 Å². The molecule has 0 spiro atoms. The van der Waals surface area contributed by atoms with Gasteiger partial charge in [-0.3, -0.25) is 29.7 Å². The molecule has 4 heterocycles. The van der Waals surface area contributed by atoms with Gasteiger partial charge in [-0.15, -0.1) is 0 Å². The summed E-state index contributed by atoms with van der Waals surface area (Å²) in [5.41, 5.74) is 9.13. The fourth-order valence-electron chi connectivity index (χ4n) is 5.43. The Morgan fingerprint density at radius 1 is 0.341 bits per heavy atom. The molecule has 0 radical (unpaired) electrons. The van der Waals surface area contributed by atoms with Gasteiger partial charge in [0.25, 0.3) is 0 Å². The van der Waals surface area contributed by atoms with E-state index >= 15 is 0 Å². The van der Waals surface area contributed by atoms with E-state index < -0.39 is 0 Å². The van der Waals surface area contributed by atoms with Crippen molar-refractivity contribution in [2.75, 3.05) is 0 Å². The lowest BCUT2D eigenvalue weighted by atomic mass is 10.0. The molecular weight excluding hydrogens is 540 g/mol. The first-order chi connectivity index (χ1) is 21.8. The van der Waals surface area contributed by atoms with E-state index in [4.69, 9.17) is 0 Å². The van der Waals surface area contributed by atoms with Crippen LogP contribution in [0.25, 0.3) is 11.1 Å². The second kappa shape index (κ2) is 14.9. The van der Waals surface area contributed by atoms with Crippen molar-refractivity contribution in [1.29, 1.82) is 0 Å². The van der Waals surface area contributed by atoms with Gasteiger partial charge < -0.3 is 0 Å². The molecule has 0 bridgehead atoms. The zero-order valence-corrected chi connectivity index (χ0v) is 24.8. The van der Waals surface area contributed by atoms with Gasteiger partial charge in [0.2, 0.25) is 0 Å². The van der Waals surface area contributed by atoms with Crippen molar-refractivity contribution in [2.45, 2.75) is 39.3 Å². The summed E-state index contributed by atoms with van der Waals surface area (Å²) in [4.78, 5) is 23.1. The van der Waals surface area contributed by atoms with E-state index in [0.717, 1.165) is 62.0 Å². The van der Waals surface area contributed by atoms with Crippen LogP contribution in [0.2, 0.25) is 0 Å². The molecule has 0 aliphatic rings. The van der Waals surface area contributed by atoms with E-state index in [1.54, 1.807) is 0 Å². The van der Waals surface area contributed by atoms with Crippen LogP contribution >= 0.6 is 0 Å². The molecule has 4 aromatic heterocycles. The minimum absolute atomic E-state index is 0.750. The fourth-order valence-corrected chi connectivity index (χ4v) is 5.43. The second-order valence-corrected chi connectivity index (χ2v) is 11.0. The number of nitrogens with zero attached hydrogens (tertiary/aromatic N) is 6. The van der Waals surface area contributed by atoms with Crippen LogP contribution < -0.4 is 0 Å². The molecule has 0 unspecified atom stereocenters. The molecule has 0 aliphatic carbocycles. The van der Waals surface area contributed by atoms with Gasteiger partial charge in [-0.1, -0.05) is 60.7 Å². The molecule has 2 aromatic carbocycles. The number of aromatic nitrogens is 4. The maximum atomic E-state index is 4.58. The second-order valence-electron chi connectivity index (χ2n) is 11.0. The first-order valence-electron chi connectivity index (χ1n) is 15.0. The SMILES string of the molecule is c1ccc(CN(Cc2cccc(-c3cccc(CN(Cc4ccccn4)Cc4ccccn4)c3)c2)Cc2ccccn2)nc1. The number of rotatable bonds is 13. The number of pyridine rings is 4. The van der Waals surface area contributed by atoms with E-state index in [1.807, 2.05) is 73.3 Å². The van der Waals surface area contributed by atoms with Crippen molar-refractivity contribution in [1.82, 2.24) is 29.7 Å². The van der Waals surface area contributed by atoms with E-state index in [2.05, 4.69) is 103 Å². The van der Waals surface area contributed by atoms with Crippen LogP contribution in [0.1, 0.15) is 33.9 Å². The molecule has 44 heavy (non-hydrogen) atoms. The summed E-state index contributed by atoms with van der Waals surface area (Å²) in [6.45, 7) is 4.59. The van der Waals surface area contributed by atoms with Gasteiger partial charge in [0, 0.05) is 64.1 Å². The van der Waals surface area contributed by atoms with Gasteiger partial charge in [-0.2, -0.15) is 0 Å². The van der Waals surface area contributed by atoms with Crippen LogP contribution in [-0.2, 0) is 39.3 Å². The first kappa shape index (κ1) is 29.1. The van der Waals surface area contributed by atoms with E-state index in [1.165, 1.54) is 22.3 Å². The van der Waals surface area contributed by atoms with Crippen molar-refractivity contribution < 1.29 is 0 Å². The summed E-state index contributed by atoms with van der Waals surface area (Å²) in [6, 6.07) is 42.1. The van der Waals surface area contributed by atoms with Crippen molar-refractivity contribution in [3.8, 4) is 11.1 Å². The van der Waals surface area contributed by atoms with Crippen LogP contribution in [0.3, 0.4) is 0 Å². The molecule has 6 heteroatoms. The lowest BCUT2D eigenvalue weighted by Crippen LogP contribution is -2.23. The molecular formula is C38H36N6. The minimum Gasteiger partial charge on any atom is -0.287 e. The summed E-state index contributed by atoms with van der Waals surface area (Å²) in [5, 5.41) is 0. The van der Waals surface area contributed by atoms with Crippen molar-refractivity contribution in [3.63, 3.8) is 0 Å². The summed E-state index contributed by atoms with van der Waals surface area (Å²) in [7, 11) is 0. The van der Waals surface area contributed by atoms with E-state index in [9.17, 15) is 0 Å². The van der Waals surface area contributed by atoms with Crippen molar-refractivity contribution in [3.05, 3.63) is 180 Å². The highest BCUT2D eigenvalue weighted by Crippen LogP contribution is 2.24. The van der Waals surface area contributed by atoms with Crippen LogP contribution in [0.4, 0.5) is 0 Å². The highest BCUT2D eigenvalue weighted by atomic mass is 15.1. The molecule has 6 nitrogen and oxygen atoms in total. The summed E-state index contributed by atoms with van der Waals surface area (Å²) < 4.78 is 0. The summed E-state index contributed by atoms with van der Waals surface area (Å²) in [6.07, 6.45) is 7.43. The highest BCUT2D eigenvalue weighted by Gasteiger charge is 2.13. The van der Waals surface area contributed by atoms with Gasteiger partial charge in [0.05, 0.1) is 22.8 Å². The maximum absolute atomic E-state index is 4.58. The average molecular weight is 577 g/mol. The van der Waals surface area contributed by atoms with Crippen LogP contribution in [-0.4, -0.2) is 29.7 Å². The lowest BCUT2D eigenvalue weighted by Gasteiger charge is -2.23. The van der Waals surface area contributed by atoms with Crippen LogP contribution in [0, 0.1) is 0 Å². The van der Waals surface area contributed by atoms with Gasteiger partial charge in [0.15, 0.2) is 0 Å². The number of benzene rings is 2. The Bertz CT molecular complexity index is 1500. The van der Waals surface area contributed by atoms with E-state index in [0.29, 0.717) is 0 Å². The smallest absolute Gasteiger partial charge is 0.0544 e. The van der Waals surface area contributed by atoms with Crippen LogP contribution in [0.15, 0.2) is 146 Å². The monoisotopic (exact) mass is 576 g/mol. The Labute approximate surface area is 259 Å². The standard InChI is InChI=1S/C38H36N6/c1-5-19-39-35(15-1)27-43(28-36-16-2-6-20-40-36)25-31-11-9-13-33(23-31)34-14-10-12-32(24-34)26-44(29-37-17-3-7-21-41-37)30-38-18-4-8-22-42-38/h1-24H,25-30H2. The largest absolute Gasteiger partial charge is 0.287 e. The molecule has 0 aliphatic heterocycles. The van der Waals surface area contributed by atoms with Gasteiger partial charge in [-0.05, 0) is 82.9 Å². The maximum Gasteiger partial charge on any atom is 0.0544 e. The average Bonchev–Trinajstić information content (AvgIpc) is 3.07. The first-order valence-corrected chi connectivity index (χ1v) is 15.0. The normalized spacial score (nSPS) is 11.2. The Morgan fingerprint density at radius 2 is 0.682 bits per heavy atom. The topological polar surface area (TPSA) is 58.0 Å². The molecule has 0 amide bonds. The van der Waals surface area contributed by atoms with Crippen molar-refractivity contribution in [2.24, 2.45) is 0 Å². The zero-order chi connectivity index (χ0) is 29.8. The molecule has 6 aromatic rings.